The fourth-order valence-corrected chi connectivity index (χ4v) is 3.92. The Kier molecular flexibility index (Phi) is 3.09. The molecular weight excluding hydrogens is 264 g/mol. The second kappa shape index (κ2) is 4.74. The molecule has 0 saturated carbocycles. The van der Waals surface area contributed by atoms with Gasteiger partial charge in [0.25, 0.3) is 5.91 Å². The Bertz CT molecular complexity index is 547. The molecule has 5 heteroatoms. The summed E-state index contributed by atoms with van der Waals surface area (Å²) in [5.41, 5.74) is 7.69. The number of carbonyl (C=O) groups is 1. The smallest absolute Gasteiger partial charge is 0.266 e. The van der Waals surface area contributed by atoms with E-state index in [1.54, 1.807) is 17.4 Å². The highest BCUT2D eigenvalue weighted by Crippen LogP contribution is 2.35. The molecule has 2 aromatic heterocycles. The highest BCUT2D eigenvalue weighted by molar-refractivity contribution is 7.12. The molecule has 1 aliphatic heterocycles. The average molecular weight is 278 g/mol. The van der Waals surface area contributed by atoms with Crippen LogP contribution in [0.5, 0.6) is 0 Å². The Morgan fingerprint density at radius 1 is 1.39 bits per heavy atom. The van der Waals surface area contributed by atoms with E-state index in [4.69, 9.17) is 5.73 Å². The van der Waals surface area contributed by atoms with Gasteiger partial charge in [0.2, 0.25) is 0 Å². The third-order valence-corrected chi connectivity index (χ3v) is 4.95. The van der Waals surface area contributed by atoms with Crippen LogP contribution in [0.15, 0.2) is 28.3 Å². The number of likely N-dealkylation sites (tertiary alicyclic amines) is 1. The molecule has 1 saturated heterocycles. The summed E-state index contributed by atoms with van der Waals surface area (Å²) in [4.78, 5) is 15.1. The molecule has 3 heterocycles. The van der Waals surface area contributed by atoms with Crippen molar-refractivity contribution in [3.8, 4) is 0 Å². The number of hydrogen-bond acceptors (Lipinski definition) is 4. The molecule has 0 aromatic carbocycles. The van der Waals surface area contributed by atoms with E-state index in [0.29, 0.717) is 10.6 Å². The van der Waals surface area contributed by atoms with E-state index in [-0.39, 0.29) is 11.9 Å². The fraction of sp³-hybridized carbons (Fsp3) is 0.308. The number of hydrogen-bond donors (Lipinski definition) is 1. The van der Waals surface area contributed by atoms with Crippen LogP contribution in [-0.4, -0.2) is 17.4 Å². The van der Waals surface area contributed by atoms with E-state index < -0.39 is 0 Å². The average Bonchev–Trinajstić information content (AvgIpc) is 3.09. The summed E-state index contributed by atoms with van der Waals surface area (Å²) in [6.07, 6.45) is 2.12. The normalized spacial score (nSPS) is 19.3. The lowest BCUT2D eigenvalue weighted by molar-refractivity contribution is 0.0742. The minimum absolute atomic E-state index is 0.0798. The third kappa shape index (κ3) is 1.93. The summed E-state index contributed by atoms with van der Waals surface area (Å²) in [5, 5.41) is 6.07. The van der Waals surface area contributed by atoms with Gasteiger partial charge in [0.1, 0.15) is 4.88 Å². The van der Waals surface area contributed by atoms with Gasteiger partial charge in [-0.1, -0.05) is 0 Å². The summed E-state index contributed by atoms with van der Waals surface area (Å²) < 4.78 is 0. The van der Waals surface area contributed by atoms with Gasteiger partial charge in [-0.25, -0.2) is 0 Å². The Morgan fingerprint density at radius 3 is 2.94 bits per heavy atom. The zero-order valence-electron chi connectivity index (χ0n) is 9.83. The molecule has 0 aliphatic carbocycles. The largest absolute Gasteiger partial charge is 0.397 e. The van der Waals surface area contributed by atoms with Crippen molar-refractivity contribution in [1.82, 2.24) is 4.90 Å². The molecule has 3 rings (SSSR count). The molecule has 3 nitrogen and oxygen atoms in total. The van der Waals surface area contributed by atoms with Gasteiger partial charge in [-0.2, -0.15) is 11.3 Å². The molecule has 1 fully saturated rings. The van der Waals surface area contributed by atoms with Crippen molar-refractivity contribution in [3.63, 3.8) is 0 Å². The minimum Gasteiger partial charge on any atom is -0.397 e. The van der Waals surface area contributed by atoms with Gasteiger partial charge in [0.05, 0.1) is 11.7 Å². The molecule has 0 radical (unpaired) electrons. The number of carbonyl (C=O) groups excluding carboxylic acids is 1. The first-order valence-electron chi connectivity index (χ1n) is 5.93. The third-order valence-electron chi connectivity index (χ3n) is 3.33. The van der Waals surface area contributed by atoms with Crippen LogP contribution < -0.4 is 5.73 Å². The fourth-order valence-electron chi connectivity index (χ4n) is 2.44. The van der Waals surface area contributed by atoms with Crippen molar-refractivity contribution in [2.24, 2.45) is 0 Å². The molecule has 18 heavy (non-hydrogen) atoms. The van der Waals surface area contributed by atoms with Crippen LogP contribution in [0.2, 0.25) is 0 Å². The van der Waals surface area contributed by atoms with E-state index in [2.05, 4.69) is 16.8 Å². The predicted octanol–water partition coefficient (Wildman–Crippen LogP) is 3.37. The summed E-state index contributed by atoms with van der Waals surface area (Å²) in [6.45, 7) is 0.830. The van der Waals surface area contributed by atoms with Crippen molar-refractivity contribution in [3.05, 3.63) is 38.7 Å². The maximum absolute atomic E-state index is 12.5. The Morgan fingerprint density at radius 2 is 2.28 bits per heavy atom. The van der Waals surface area contributed by atoms with E-state index in [1.807, 2.05) is 10.3 Å². The molecule has 1 atom stereocenters. The van der Waals surface area contributed by atoms with E-state index in [9.17, 15) is 4.79 Å². The van der Waals surface area contributed by atoms with Gasteiger partial charge in [0.15, 0.2) is 0 Å². The van der Waals surface area contributed by atoms with Gasteiger partial charge in [-0.05, 0) is 46.7 Å². The van der Waals surface area contributed by atoms with Gasteiger partial charge in [-0.3, -0.25) is 4.79 Å². The van der Waals surface area contributed by atoms with Crippen molar-refractivity contribution in [2.75, 3.05) is 12.3 Å². The van der Waals surface area contributed by atoms with Crippen molar-refractivity contribution in [2.45, 2.75) is 18.9 Å². The predicted molar refractivity (Wildman–Crippen MR) is 76.1 cm³/mol. The summed E-state index contributed by atoms with van der Waals surface area (Å²) in [7, 11) is 0. The van der Waals surface area contributed by atoms with Crippen LogP contribution in [0.25, 0.3) is 0 Å². The molecular formula is C13H14N2OS2. The Labute approximate surface area is 114 Å². The van der Waals surface area contributed by atoms with Crippen LogP contribution in [-0.2, 0) is 0 Å². The molecule has 94 valence electrons. The number of nitrogens with zero attached hydrogens (tertiary/aromatic N) is 1. The molecule has 2 N–H and O–H groups in total. The monoisotopic (exact) mass is 278 g/mol. The lowest BCUT2D eigenvalue weighted by Gasteiger charge is -2.23. The van der Waals surface area contributed by atoms with E-state index in [1.165, 1.54) is 16.9 Å². The van der Waals surface area contributed by atoms with Gasteiger partial charge >= 0.3 is 0 Å². The lowest BCUT2D eigenvalue weighted by Crippen LogP contribution is -2.30. The maximum Gasteiger partial charge on any atom is 0.266 e. The standard InChI is InChI=1S/C13H14N2OS2/c14-10-4-7-18-12(10)13(16)15-5-1-2-11(15)9-3-6-17-8-9/h3-4,6-8,11H,1-2,5,14H2. The Balaban J connectivity index is 1.88. The van der Waals surface area contributed by atoms with Crippen molar-refractivity contribution < 1.29 is 4.79 Å². The molecule has 0 bridgehead atoms. The minimum atomic E-state index is 0.0798. The second-order valence-electron chi connectivity index (χ2n) is 4.42. The second-order valence-corrected chi connectivity index (χ2v) is 6.11. The van der Waals surface area contributed by atoms with Crippen LogP contribution in [0.4, 0.5) is 5.69 Å². The van der Waals surface area contributed by atoms with E-state index >= 15 is 0 Å². The summed E-state index contributed by atoms with van der Waals surface area (Å²) in [6, 6.07) is 4.14. The van der Waals surface area contributed by atoms with Gasteiger partial charge in [0, 0.05) is 6.54 Å². The summed E-state index contributed by atoms with van der Waals surface area (Å²) in [5.74, 6) is 0.0798. The van der Waals surface area contributed by atoms with Crippen molar-refractivity contribution in [1.29, 1.82) is 0 Å². The quantitative estimate of drug-likeness (QED) is 0.915. The van der Waals surface area contributed by atoms with Crippen molar-refractivity contribution >= 4 is 34.3 Å². The van der Waals surface area contributed by atoms with Crippen LogP contribution in [0, 0.1) is 0 Å². The molecule has 2 aromatic rings. The number of nitrogen functional groups attached to an aromatic ring is 1. The highest BCUT2D eigenvalue weighted by Gasteiger charge is 2.31. The molecule has 1 unspecified atom stereocenters. The maximum atomic E-state index is 12.5. The zero-order valence-corrected chi connectivity index (χ0v) is 11.5. The zero-order chi connectivity index (χ0) is 12.5. The van der Waals surface area contributed by atoms with Gasteiger partial charge in [-0.15, -0.1) is 11.3 Å². The number of rotatable bonds is 2. The van der Waals surface area contributed by atoms with Crippen LogP contribution in [0.1, 0.15) is 34.1 Å². The lowest BCUT2D eigenvalue weighted by atomic mass is 10.1. The number of nitrogens with two attached hydrogens (primary N) is 1. The van der Waals surface area contributed by atoms with Crippen LogP contribution >= 0.6 is 22.7 Å². The topological polar surface area (TPSA) is 46.3 Å². The molecule has 0 spiro atoms. The molecule has 1 aliphatic rings. The number of amides is 1. The SMILES string of the molecule is Nc1ccsc1C(=O)N1CCCC1c1ccsc1. The number of anilines is 1. The van der Waals surface area contributed by atoms with Crippen LogP contribution in [0.3, 0.4) is 0 Å². The summed E-state index contributed by atoms with van der Waals surface area (Å²) >= 11 is 3.11. The highest BCUT2D eigenvalue weighted by atomic mass is 32.1. The molecule has 1 amide bonds. The first kappa shape index (κ1) is 11.7. The number of thiophene rings is 2. The first-order chi connectivity index (χ1) is 8.77. The first-order valence-corrected chi connectivity index (χ1v) is 7.75. The Hall–Kier alpha value is -1.33. The van der Waals surface area contributed by atoms with E-state index in [0.717, 1.165) is 19.4 Å². The van der Waals surface area contributed by atoms with Gasteiger partial charge < -0.3 is 10.6 Å².